The van der Waals surface area contributed by atoms with Crippen molar-refractivity contribution >= 4 is 0 Å². The lowest BCUT2D eigenvalue weighted by atomic mass is 10.1. The topological polar surface area (TPSA) is 69.9 Å². The molecule has 1 rings (SSSR count). The van der Waals surface area contributed by atoms with Crippen molar-refractivity contribution in [3.05, 3.63) is 29.3 Å². The monoisotopic (exact) mass is 226 g/mol. The van der Waals surface area contributed by atoms with Crippen LogP contribution >= 0.6 is 0 Å². The van der Waals surface area contributed by atoms with E-state index in [2.05, 4.69) is 0 Å². The maximum atomic E-state index is 8.88. The van der Waals surface area contributed by atoms with Crippen LogP contribution in [0.4, 0.5) is 0 Å². The fourth-order valence-corrected chi connectivity index (χ4v) is 1.52. The standard InChI is InChI=1S/C12H18O4/c13-3-1-10-7-11(2-4-14)9-12(8-10)16-6-5-15/h7-9,13-15H,1-6H2. The van der Waals surface area contributed by atoms with E-state index < -0.39 is 0 Å². The van der Waals surface area contributed by atoms with Crippen molar-refractivity contribution in [1.29, 1.82) is 0 Å². The lowest BCUT2D eigenvalue weighted by Crippen LogP contribution is -2.03. The molecule has 4 heteroatoms. The van der Waals surface area contributed by atoms with Crippen LogP contribution in [0.3, 0.4) is 0 Å². The summed E-state index contributed by atoms with van der Waals surface area (Å²) in [6.45, 7) is 0.394. The van der Waals surface area contributed by atoms with Crippen molar-refractivity contribution in [3.8, 4) is 5.75 Å². The minimum absolute atomic E-state index is 0.0282. The van der Waals surface area contributed by atoms with Gasteiger partial charge in [-0.1, -0.05) is 6.07 Å². The summed E-state index contributed by atoms with van der Waals surface area (Å²) in [5, 5.41) is 26.4. The average Bonchev–Trinajstić information content (AvgIpc) is 2.27. The molecule has 0 aliphatic carbocycles. The summed E-state index contributed by atoms with van der Waals surface area (Å²) >= 11 is 0. The highest BCUT2D eigenvalue weighted by Gasteiger charge is 2.02. The second-order valence-electron chi connectivity index (χ2n) is 3.50. The molecule has 0 atom stereocenters. The normalized spacial score (nSPS) is 10.4. The van der Waals surface area contributed by atoms with E-state index in [0.29, 0.717) is 18.6 Å². The summed E-state index contributed by atoms with van der Waals surface area (Å²) in [6.07, 6.45) is 1.13. The van der Waals surface area contributed by atoms with Crippen molar-refractivity contribution in [3.63, 3.8) is 0 Å². The van der Waals surface area contributed by atoms with Gasteiger partial charge in [0.25, 0.3) is 0 Å². The van der Waals surface area contributed by atoms with Gasteiger partial charge in [0.2, 0.25) is 0 Å². The second kappa shape index (κ2) is 7.22. The lowest BCUT2D eigenvalue weighted by Gasteiger charge is -2.09. The number of aliphatic hydroxyl groups is 3. The number of benzene rings is 1. The van der Waals surface area contributed by atoms with Crippen molar-refractivity contribution < 1.29 is 20.1 Å². The van der Waals surface area contributed by atoms with Crippen LogP contribution in [0.5, 0.6) is 5.75 Å². The molecule has 3 N–H and O–H groups in total. The number of rotatable bonds is 7. The van der Waals surface area contributed by atoms with Gasteiger partial charge in [-0.05, 0) is 36.1 Å². The Morgan fingerprint density at radius 3 is 1.81 bits per heavy atom. The molecule has 90 valence electrons. The number of hydrogen-bond acceptors (Lipinski definition) is 4. The molecule has 0 aliphatic rings. The van der Waals surface area contributed by atoms with Gasteiger partial charge in [0, 0.05) is 13.2 Å². The van der Waals surface area contributed by atoms with Crippen molar-refractivity contribution in [2.24, 2.45) is 0 Å². The Labute approximate surface area is 95.1 Å². The summed E-state index contributed by atoms with van der Waals surface area (Å²) in [5.41, 5.74) is 1.95. The predicted octanol–water partition coefficient (Wildman–Crippen LogP) is 0.127. The highest BCUT2D eigenvalue weighted by Crippen LogP contribution is 2.18. The minimum Gasteiger partial charge on any atom is -0.491 e. The molecule has 4 nitrogen and oxygen atoms in total. The third-order valence-electron chi connectivity index (χ3n) is 2.19. The fourth-order valence-electron chi connectivity index (χ4n) is 1.52. The first-order chi connectivity index (χ1) is 7.80. The van der Waals surface area contributed by atoms with E-state index >= 15 is 0 Å². The highest BCUT2D eigenvalue weighted by molar-refractivity contribution is 5.34. The Hall–Kier alpha value is -1.10. The van der Waals surface area contributed by atoms with Crippen LogP contribution in [-0.4, -0.2) is 41.7 Å². The summed E-state index contributed by atoms with van der Waals surface area (Å²) in [7, 11) is 0. The van der Waals surface area contributed by atoms with E-state index in [1.165, 1.54) is 0 Å². The quantitative estimate of drug-likeness (QED) is 0.618. The molecule has 0 amide bonds. The van der Waals surface area contributed by atoms with Gasteiger partial charge in [0.1, 0.15) is 12.4 Å². The number of ether oxygens (including phenoxy) is 1. The number of hydrogen-bond donors (Lipinski definition) is 3. The molecule has 1 aromatic rings. The van der Waals surface area contributed by atoms with Gasteiger partial charge in [-0.25, -0.2) is 0 Å². The van der Waals surface area contributed by atoms with E-state index in [0.717, 1.165) is 11.1 Å². The molecule has 0 bridgehead atoms. The van der Waals surface area contributed by atoms with Crippen molar-refractivity contribution in [1.82, 2.24) is 0 Å². The van der Waals surface area contributed by atoms with E-state index in [4.69, 9.17) is 20.1 Å². The maximum absolute atomic E-state index is 8.88. The average molecular weight is 226 g/mol. The van der Waals surface area contributed by atoms with Crippen LogP contribution in [0.2, 0.25) is 0 Å². The second-order valence-corrected chi connectivity index (χ2v) is 3.50. The van der Waals surface area contributed by atoms with Gasteiger partial charge in [0.05, 0.1) is 6.61 Å². The molecular formula is C12H18O4. The number of aliphatic hydroxyl groups excluding tert-OH is 3. The minimum atomic E-state index is -0.0282. The Kier molecular flexibility index (Phi) is 5.85. The zero-order valence-electron chi connectivity index (χ0n) is 9.22. The van der Waals surface area contributed by atoms with E-state index in [9.17, 15) is 0 Å². The van der Waals surface area contributed by atoms with Gasteiger partial charge in [-0.3, -0.25) is 0 Å². The molecule has 0 saturated heterocycles. The summed E-state index contributed by atoms with van der Waals surface area (Å²) in [5.74, 6) is 0.670. The maximum Gasteiger partial charge on any atom is 0.119 e. The highest BCUT2D eigenvalue weighted by atomic mass is 16.5. The molecule has 0 heterocycles. The van der Waals surface area contributed by atoms with E-state index in [1.54, 1.807) is 0 Å². The fraction of sp³-hybridized carbons (Fsp3) is 0.500. The molecule has 0 radical (unpaired) electrons. The smallest absolute Gasteiger partial charge is 0.119 e. The molecule has 0 spiro atoms. The van der Waals surface area contributed by atoms with Gasteiger partial charge in [0.15, 0.2) is 0 Å². The Bertz CT molecular complexity index is 288. The summed E-state index contributed by atoms with van der Waals surface area (Å²) < 4.78 is 5.32. The van der Waals surface area contributed by atoms with E-state index in [-0.39, 0.29) is 26.4 Å². The first kappa shape index (κ1) is 13.0. The summed E-state index contributed by atoms with van der Waals surface area (Å²) in [4.78, 5) is 0. The van der Waals surface area contributed by atoms with Crippen molar-refractivity contribution in [2.45, 2.75) is 12.8 Å². The first-order valence-corrected chi connectivity index (χ1v) is 5.38. The zero-order valence-corrected chi connectivity index (χ0v) is 9.22. The molecule has 16 heavy (non-hydrogen) atoms. The largest absolute Gasteiger partial charge is 0.491 e. The SMILES string of the molecule is OCCOc1cc(CCO)cc(CCO)c1. The van der Waals surface area contributed by atoms with Crippen LogP contribution < -0.4 is 4.74 Å². The van der Waals surface area contributed by atoms with Gasteiger partial charge in [-0.2, -0.15) is 0 Å². The van der Waals surface area contributed by atoms with Crippen LogP contribution in [0.15, 0.2) is 18.2 Å². The molecule has 1 aromatic carbocycles. The predicted molar refractivity (Wildman–Crippen MR) is 60.6 cm³/mol. The Morgan fingerprint density at radius 1 is 0.812 bits per heavy atom. The van der Waals surface area contributed by atoms with Crippen LogP contribution in [-0.2, 0) is 12.8 Å². The Balaban J connectivity index is 2.80. The Morgan fingerprint density at radius 2 is 1.38 bits per heavy atom. The van der Waals surface area contributed by atoms with Gasteiger partial charge >= 0.3 is 0 Å². The van der Waals surface area contributed by atoms with Crippen LogP contribution in [0.25, 0.3) is 0 Å². The molecule has 0 fully saturated rings. The van der Waals surface area contributed by atoms with Gasteiger partial charge < -0.3 is 20.1 Å². The molecule has 0 aliphatic heterocycles. The zero-order chi connectivity index (χ0) is 11.8. The third kappa shape index (κ3) is 4.18. The lowest BCUT2D eigenvalue weighted by molar-refractivity contribution is 0.201. The molecular weight excluding hydrogens is 208 g/mol. The van der Waals surface area contributed by atoms with Gasteiger partial charge in [-0.15, -0.1) is 0 Å². The first-order valence-electron chi connectivity index (χ1n) is 5.38. The molecule has 0 aromatic heterocycles. The van der Waals surface area contributed by atoms with Crippen molar-refractivity contribution in [2.75, 3.05) is 26.4 Å². The summed E-state index contributed by atoms with van der Waals surface area (Å²) in [6, 6.07) is 5.62. The van der Waals surface area contributed by atoms with Crippen LogP contribution in [0, 0.1) is 0 Å². The molecule has 0 saturated carbocycles. The third-order valence-corrected chi connectivity index (χ3v) is 2.19. The molecule has 0 unspecified atom stereocenters. The van der Waals surface area contributed by atoms with E-state index in [1.807, 2.05) is 18.2 Å². The van der Waals surface area contributed by atoms with Crippen LogP contribution in [0.1, 0.15) is 11.1 Å².